The van der Waals surface area contributed by atoms with Gasteiger partial charge in [-0.1, -0.05) is 0 Å². The average Bonchev–Trinajstić information content (AvgIpc) is 2.66. The molecule has 72 valence electrons. The summed E-state index contributed by atoms with van der Waals surface area (Å²) in [5.41, 5.74) is 1.14. The molecule has 0 aliphatic carbocycles. The molecule has 0 spiro atoms. The number of rotatable bonds is 0. The third-order valence-electron chi connectivity index (χ3n) is 2.14. The normalized spacial score (nSPS) is 17.0. The average molecular weight is 256 g/mol. The molecule has 14 heavy (non-hydrogen) atoms. The van der Waals surface area contributed by atoms with Crippen molar-refractivity contribution in [3.8, 4) is 15.5 Å². The van der Waals surface area contributed by atoms with Gasteiger partial charge in [0.05, 0.1) is 9.75 Å². The number of fused-ring (bicyclic) bond motifs is 3. The van der Waals surface area contributed by atoms with Crippen molar-refractivity contribution in [2.45, 2.75) is 5.08 Å². The minimum atomic E-state index is -0.566. The van der Waals surface area contributed by atoms with E-state index in [9.17, 15) is 0 Å². The first-order valence-corrected chi connectivity index (χ1v) is 6.79. The highest BCUT2D eigenvalue weighted by molar-refractivity contribution is 7.39. The SMILES string of the molecule is [PH-]C1([PH-])Oc2ccsc2-c2sccc21. The largest absolute Gasteiger partial charge is 0.542 e. The minimum Gasteiger partial charge on any atom is -0.542 e. The van der Waals surface area contributed by atoms with E-state index in [2.05, 4.69) is 29.9 Å². The highest BCUT2D eigenvalue weighted by Crippen LogP contribution is 2.55. The lowest BCUT2D eigenvalue weighted by molar-refractivity contribution is 0.258. The van der Waals surface area contributed by atoms with E-state index >= 15 is 0 Å². The van der Waals surface area contributed by atoms with Gasteiger partial charge in [0.25, 0.3) is 0 Å². The Labute approximate surface area is 94.9 Å². The summed E-state index contributed by atoms with van der Waals surface area (Å²) in [7, 11) is 7.17. The molecule has 0 aromatic carbocycles. The maximum Gasteiger partial charge on any atom is 0.133 e. The van der Waals surface area contributed by atoms with Crippen molar-refractivity contribution in [1.29, 1.82) is 0 Å². The molecule has 0 N–H and O–H groups in total. The van der Waals surface area contributed by atoms with Gasteiger partial charge >= 0.3 is 0 Å². The Bertz CT molecular complexity index is 486. The zero-order chi connectivity index (χ0) is 9.76. The number of hydrogen-bond donors (Lipinski definition) is 0. The zero-order valence-electron chi connectivity index (χ0n) is 7.03. The third kappa shape index (κ3) is 1.20. The topological polar surface area (TPSA) is 9.23 Å². The first-order chi connectivity index (χ1) is 6.68. The lowest BCUT2D eigenvalue weighted by atomic mass is 10.2. The minimum absolute atomic E-state index is 0.566. The Hall–Kier alpha value is 0.0600. The monoisotopic (exact) mass is 256 g/mol. The van der Waals surface area contributed by atoms with Crippen molar-refractivity contribution in [3.63, 3.8) is 0 Å². The molecular formula is C9H6OP2S2-2. The molecule has 0 saturated heterocycles. The molecule has 1 nitrogen and oxygen atoms in total. The fourth-order valence-corrected chi connectivity index (χ4v) is 4.29. The molecule has 0 atom stereocenters. The fourth-order valence-electron chi connectivity index (χ4n) is 1.53. The second-order valence-corrected chi connectivity index (χ2v) is 6.80. The molecule has 0 radical (unpaired) electrons. The number of ether oxygens (including phenoxy) is 1. The van der Waals surface area contributed by atoms with E-state index in [0.717, 1.165) is 11.3 Å². The molecule has 0 unspecified atom stereocenters. The van der Waals surface area contributed by atoms with Gasteiger partial charge in [-0.15, -0.1) is 27.8 Å². The van der Waals surface area contributed by atoms with E-state index in [4.69, 9.17) is 4.74 Å². The Kier molecular flexibility index (Phi) is 2.01. The molecule has 3 rings (SSSR count). The quantitative estimate of drug-likeness (QED) is 0.640. The molecule has 3 heterocycles. The predicted molar refractivity (Wildman–Crippen MR) is 66.6 cm³/mol. The van der Waals surface area contributed by atoms with E-state index in [0.29, 0.717) is 0 Å². The van der Waals surface area contributed by atoms with Crippen LogP contribution in [0.4, 0.5) is 0 Å². The van der Waals surface area contributed by atoms with E-state index in [1.54, 1.807) is 22.7 Å². The van der Waals surface area contributed by atoms with Crippen LogP contribution in [0, 0.1) is 0 Å². The van der Waals surface area contributed by atoms with Crippen molar-refractivity contribution in [1.82, 2.24) is 0 Å². The Morgan fingerprint density at radius 3 is 2.64 bits per heavy atom. The van der Waals surface area contributed by atoms with Crippen LogP contribution < -0.4 is 4.74 Å². The van der Waals surface area contributed by atoms with Gasteiger partial charge < -0.3 is 23.2 Å². The van der Waals surface area contributed by atoms with Gasteiger partial charge in [-0.05, 0) is 28.5 Å². The highest BCUT2D eigenvalue weighted by atomic mass is 32.1. The fraction of sp³-hybridized carbons (Fsp3) is 0.111. The van der Waals surface area contributed by atoms with Gasteiger partial charge in [0.1, 0.15) is 5.75 Å². The molecule has 0 amide bonds. The summed E-state index contributed by atoms with van der Waals surface area (Å²) >= 11 is 3.46. The van der Waals surface area contributed by atoms with Crippen molar-refractivity contribution in [3.05, 3.63) is 28.5 Å². The summed E-state index contributed by atoms with van der Waals surface area (Å²) in [5, 5.41) is 3.56. The molecular weight excluding hydrogens is 250 g/mol. The van der Waals surface area contributed by atoms with Crippen molar-refractivity contribution in [2.24, 2.45) is 0 Å². The van der Waals surface area contributed by atoms with Crippen LogP contribution >= 0.6 is 41.2 Å². The summed E-state index contributed by atoms with van der Waals surface area (Å²) < 4.78 is 5.79. The van der Waals surface area contributed by atoms with E-state index in [1.807, 2.05) is 11.4 Å². The van der Waals surface area contributed by atoms with Crippen LogP contribution in [-0.4, -0.2) is 0 Å². The molecule has 0 bridgehead atoms. The molecule has 2 aromatic rings. The lowest BCUT2D eigenvalue weighted by Gasteiger charge is -2.48. The van der Waals surface area contributed by atoms with Crippen LogP contribution in [0.1, 0.15) is 5.56 Å². The Morgan fingerprint density at radius 1 is 1.07 bits per heavy atom. The van der Waals surface area contributed by atoms with Gasteiger partial charge in [0.2, 0.25) is 0 Å². The summed E-state index contributed by atoms with van der Waals surface area (Å²) in [4.78, 5) is 2.51. The maximum absolute atomic E-state index is 5.79. The second kappa shape index (κ2) is 3.02. The van der Waals surface area contributed by atoms with Gasteiger partial charge in [-0.25, -0.2) is 0 Å². The molecule has 0 saturated carbocycles. The van der Waals surface area contributed by atoms with Crippen LogP contribution in [0.2, 0.25) is 0 Å². The van der Waals surface area contributed by atoms with Crippen molar-refractivity contribution >= 4 is 41.2 Å². The lowest BCUT2D eigenvalue weighted by Crippen LogP contribution is -2.20. The molecule has 2 aromatic heterocycles. The van der Waals surface area contributed by atoms with Crippen LogP contribution in [-0.2, 0) is 5.08 Å². The predicted octanol–water partition coefficient (Wildman–Crippen LogP) is 4.26. The second-order valence-electron chi connectivity index (χ2n) is 3.06. The number of thiophene rings is 2. The smallest absolute Gasteiger partial charge is 0.133 e. The van der Waals surface area contributed by atoms with Gasteiger partial charge in [0, 0.05) is 0 Å². The van der Waals surface area contributed by atoms with Crippen molar-refractivity contribution < 1.29 is 4.74 Å². The standard InChI is InChI=1S/C9H6OP2S2/c11-9(12)5-1-3-13-7(5)8-6(10-9)2-4-14-8/h1-4,11-12H/q-2. The van der Waals surface area contributed by atoms with Crippen LogP contribution in [0.15, 0.2) is 22.9 Å². The van der Waals surface area contributed by atoms with Gasteiger partial charge in [-0.2, -0.15) is 0 Å². The third-order valence-corrected chi connectivity index (χ3v) is 4.86. The van der Waals surface area contributed by atoms with Gasteiger partial charge in [0.15, 0.2) is 0 Å². The first kappa shape index (κ1) is 9.30. The van der Waals surface area contributed by atoms with Crippen LogP contribution in [0.5, 0.6) is 5.75 Å². The van der Waals surface area contributed by atoms with Gasteiger partial charge in [-0.3, -0.25) is 0 Å². The Balaban J connectivity index is 2.32. The molecule has 1 aliphatic heterocycles. The van der Waals surface area contributed by atoms with Crippen LogP contribution in [0.25, 0.3) is 9.75 Å². The van der Waals surface area contributed by atoms with E-state index in [1.165, 1.54) is 9.75 Å². The summed E-state index contributed by atoms with van der Waals surface area (Å²) in [6.07, 6.45) is 0. The van der Waals surface area contributed by atoms with E-state index < -0.39 is 5.08 Å². The summed E-state index contributed by atoms with van der Waals surface area (Å²) in [5.74, 6) is 0.940. The molecule has 5 heteroatoms. The van der Waals surface area contributed by atoms with E-state index in [-0.39, 0.29) is 0 Å². The Morgan fingerprint density at radius 2 is 1.79 bits per heavy atom. The maximum atomic E-state index is 5.79. The summed E-state index contributed by atoms with van der Waals surface area (Å²) in [6.45, 7) is 0. The first-order valence-electron chi connectivity index (χ1n) is 4.03. The summed E-state index contributed by atoms with van der Waals surface area (Å²) in [6, 6.07) is 4.07. The highest BCUT2D eigenvalue weighted by Gasteiger charge is 2.23. The molecule has 0 fully saturated rings. The number of hydrogen-bond acceptors (Lipinski definition) is 3. The van der Waals surface area contributed by atoms with Crippen LogP contribution in [0.3, 0.4) is 0 Å². The molecule has 1 aliphatic rings. The van der Waals surface area contributed by atoms with Crippen molar-refractivity contribution in [2.75, 3.05) is 0 Å². The zero-order valence-corrected chi connectivity index (χ0v) is 10.7.